The van der Waals surface area contributed by atoms with Gasteiger partial charge in [-0.2, -0.15) is 13.2 Å². The summed E-state index contributed by atoms with van der Waals surface area (Å²) in [5.74, 6) is 0.00257. The smallest absolute Gasteiger partial charge is 0.340 e. The number of nitrogens with one attached hydrogen (secondary N) is 1. The zero-order valence-electron chi connectivity index (χ0n) is 13.8. The Hall–Kier alpha value is -2.68. The van der Waals surface area contributed by atoms with Crippen LogP contribution in [0.25, 0.3) is 0 Å². The molecule has 1 aliphatic rings. The summed E-state index contributed by atoms with van der Waals surface area (Å²) in [6, 6.07) is 6.29. The molecule has 1 aromatic carbocycles. The lowest BCUT2D eigenvalue weighted by Crippen LogP contribution is -2.43. The molecule has 1 aromatic heterocycles. The molecule has 0 aliphatic carbocycles. The number of piperidine rings is 1. The van der Waals surface area contributed by atoms with Gasteiger partial charge in [0, 0.05) is 30.9 Å². The number of carbonyl (C=O) groups is 1. The third kappa shape index (κ3) is 4.29. The van der Waals surface area contributed by atoms with Crippen molar-refractivity contribution in [2.45, 2.75) is 25.1 Å². The Morgan fingerprint density at radius 2 is 1.92 bits per heavy atom. The summed E-state index contributed by atoms with van der Waals surface area (Å²) in [6.07, 6.45) is -1.77. The summed E-state index contributed by atoms with van der Waals surface area (Å²) in [4.78, 5) is 22.1. The Balaban J connectivity index is 1.74. The van der Waals surface area contributed by atoms with Gasteiger partial charge in [-0.05, 0) is 31.0 Å². The van der Waals surface area contributed by atoms with Crippen LogP contribution in [0.4, 0.5) is 24.7 Å². The lowest BCUT2D eigenvalue weighted by atomic mass is 10.1. The van der Waals surface area contributed by atoms with E-state index in [0.717, 1.165) is 25.0 Å². The fourth-order valence-corrected chi connectivity index (χ4v) is 2.73. The maximum Gasteiger partial charge on any atom is 0.416 e. The van der Waals surface area contributed by atoms with Crippen LogP contribution in [0.5, 0.6) is 0 Å². The van der Waals surface area contributed by atoms with Gasteiger partial charge >= 0.3 is 6.18 Å². The second-order valence-corrected chi connectivity index (χ2v) is 6.12. The molecule has 26 heavy (non-hydrogen) atoms. The number of nitrogens with two attached hydrogens (primary N) is 1. The number of hydrogen-bond donors (Lipinski definition) is 2. The largest absolute Gasteiger partial charge is 0.416 e. The molecule has 0 saturated carbocycles. The number of halogens is 3. The van der Waals surface area contributed by atoms with Crippen LogP contribution in [0.1, 0.15) is 28.9 Å². The standard InChI is InChI=1S/C17H18F3N5O/c18-17(19,20)11-2-1-3-13(8-11)24-15-9-14(22-10-23-15)16(26)25-6-4-12(21)5-7-25/h1-3,8-10,12H,4-7,21H2,(H,22,23,24). The lowest BCUT2D eigenvalue weighted by molar-refractivity contribution is -0.137. The molecule has 1 saturated heterocycles. The number of rotatable bonds is 3. The van der Waals surface area contributed by atoms with Crippen molar-refractivity contribution in [2.75, 3.05) is 18.4 Å². The third-order valence-corrected chi connectivity index (χ3v) is 4.18. The van der Waals surface area contributed by atoms with Gasteiger partial charge in [-0.3, -0.25) is 4.79 Å². The SMILES string of the molecule is NC1CCN(C(=O)c2cc(Nc3cccc(C(F)(F)F)c3)ncn2)CC1. The van der Waals surface area contributed by atoms with E-state index in [9.17, 15) is 18.0 Å². The Morgan fingerprint density at radius 3 is 2.62 bits per heavy atom. The van der Waals surface area contributed by atoms with E-state index in [1.807, 2.05) is 0 Å². The van der Waals surface area contributed by atoms with Crippen LogP contribution in [-0.2, 0) is 6.18 Å². The molecule has 0 bridgehead atoms. The number of carbonyl (C=O) groups excluding carboxylic acids is 1. The summed E-state index contributed by atoms with van der Waals surface area (Å²) in [5.41, 5.74) is 5.48. The molecule has 3 rings (SSSR count). The van der Waals surface area contributed by atoms with Crippen LogP contribution in [0.15, 0.2) is 36.7 Å². The zero-order chi connectivity index (χ0) is 18.7. The monoisotopic (exact) mass is 365 g/mol. The van der Waals surface area contributed by atoms with Gasteiger partial charge in [0.15, 0.2) is 0 Å². The third-order valence-electron chi connectivity index (χ3n) is 4.18. The van der Waals surface area contributed by atoms with E-state index in [2.05, 4.69) is 15.3 Å². The maximum atomic E-state index is 12.8. The Bertz CT molecular complexity index is 788. The van der Waals surface area contributed by atoms with Crippen molar-refractivity contribution in [3.8, 4) is 0 Å². The predicted molar refractivity (Wildman–Crippen MR) is 89.9 cm³/mol. The first kappa shape index (κ1) is 18.1. The molecule has 0 atom stereocenters. The molecule has 138 valence electrons. The average molecular weight is 365 g/mol. The van der Waals surface area contributed by atoms with Crippen LogP contribution in [0.3, 0.4) is 0 Å². The number of likely N-dealkylation sites (tertiary alicyclic amines) is 1. The lowest BCUT2D eigenvalue weighted by Gasteiger charge is -2.29. The molecule has 6 nitrogen and oxygen atoms in total. The van der Waals surface area contributed by atoms with Crippen LogP contribution in [0.2, 0.25) is 0 Å². The fraction of sp³-hybridized carbons (Fsp3) is 0.353. The summed E-state index contributed by atoms with van der Waals surface area (Å²) in [7, 11) is 0. The molecule has 1 amide bonds. The van der Waals surface area contributed by atoms with Gasteiger partial charge in [-0.25, -0.2) is 9.97 Å². The van der Waals surface area contributed by atoms with Crippen molar-refractivity contribution in [3.05, 3.63) is 47.9 Å². The van der Waals surface area contributed by atoms with Crippen LogP contribution >= 0.6 is 0 Å². The second kappa shape index (κ2) is 7.28. The van der Waals surface area contributed by atoms with Gasteiger partial charge in [0.05, 0.1) is 5.56 Å². The van der Waals surface area contributed by atoms with E-state index in [0.29, 0.717) is 13.1 Å². The van der Waals surface area contributed by atoms with Crippen molar-refractivity contribution in [3.63, 3.8) is 0 Å². The molecule has 1 fully saturated rings. The van der Waals surface area contributed by atoms with E-state index in [1.54, 1.807) is 4.90 Å². The molecule has 1 aliphatic heterocycles. The van der Waals surface area contributed by atoms with E-state index >= 15 is 0 Å². The van der Waals surface area contributed by atoms with Crippen molar-refractivity contribution >= 4 is 17.4 Å². The van der Waals surface area contributed by atoms with Crippen LogP contribution < -0.4 is 11.1 Å². The molecule has 2 heterocycles. The molecular formula is C17H18F3N5O. The predicted octanol–water partition coefficient (Wildman–Crippen LogP) is 2.80. The minimum atomic E-state index is -4.43. The number of nitrogens with zero attached hydrogens (tertiary/aromatic N) is 3. The van der Waals surface area contributed by atoms with Crippen molar-refractivity contribution < 1.29 is 18.0 Å². The minimum absolute atomic E-state index is 0.0996. The fourth-order valence-electron chi connectivity index (χ4n) is 2.73. The number of anilines is 2. The molecule has 0 spiro atoms. The van der Waals surface area contributed by atoms with E-state index in [1.165, 1.54) is 24.5 Å². The Morgan fingerprint density at radius 1 is 1.19 bits per heavy atom. The second-order valence-electron chi connectivity index (χ2n) is 6.12. The summed E-state index contributed by atoms with van der Waals surface area (Å²) < 4.78 is 38.4. The van der Waals surface area contributed by atoms with E-state index < -0.39 is 11.7 Å². The van der Waals surface area contributed by atoms with Crippen molar-refractivity contribution in [2.24, 2.45) is 5.73 Å². The number of amides is 1. The highest BCUT2D eigenvalue weighted by Crippen LogP contribution is 2.31. The first-order valence-corrected chi connectivity index (χ1v) is 8.14. The summed E-state index contributed by atoms with van der Waals surface area (Å²) in [5, 5.41) is 2.78. The number of alkyl halides is 3. The van der Waals surface area contributed by atoms with Gasteiger partial charge in [0.1, 0.15) is 17.8 Å². The van der Waals surface area contributed by atoms with Crippen LogP contribution in [-0.4, -0.2) is 39.9 Å². The highest BCUT2D eigenvalue weighted by atomic mass is 19.4. The maximum absolute atomic E-state index is 12.8. The quantitative estimate of drug-likeness (QED) is 0.874. The molecule has 9 heteroatoms. The topological polar surface area (TPSA) is 84.1 Å². The van der Waals surface area contributed by atoms with Crippen molar-refractivity contribution in [1.82, 2.24) is 14.9 Å². The normalized spacial score (nSPS) is 15.8. The minimum Gasteiger partial charge on any atom is -0.340 e. The van der Waals surface area contributed by atoms with Gasteiger partial charge in [0.2, 0.25) is 0 Å². The summed E-state index contributed by atoms with van der Waals surface area (Å²) >= 11 is 0. The molecule has 0 unspecified atom stereocenters. The molecule has 3 N–H and O–H groups in total. The Labute approximate surface area is 148 Å². The number of hydrogen-bond acceptors (Lipinski definition) is 5. The van der Waals surface area contributed by atoms with Crippen molar-refractivity contribution in [1.29, 1.82) is 0 Å². The van der Waals surface area contributed by atoms with E-state index in [4.69, 9.17) is 5.73 Å². The zero-order valence-corrected chi connectivity index (χ0v) is 13.8. The highest BCUT2D eigenvalue weighted by molar-refractivity contribution is 5.93. The molecule has 0 radical (unpaired) electrons. The number of benzene rings is 1. The first-order valence-electron chi connectivity index (χ1n) is 8.14. The number of aromatic nitrogens is 2. The van der Waals surface area contributed by atoms with Gasteiger partial charge < -0.3 is 16.0 Å². The molecular weight excluding hydrogens is 347 g/mol. The Kier molecular flexibility index (Phi) is 5.08. The summed E-state index contributed by atoms with van der Waals surface area (Å²) in [6.45, 7) is 1.11. The molecule has 2 aromatic rings. The first-order chi connectivity index (χ1) is 12.3. The van der Waals surface area contributed by atoms with Gasteiger partial charge in [-0.15, -0.1) is 0 Å². The van der Waals surface area contributed by atoms with Crippen LogP contribution in [0, 0.1) is 0 Å². The average Bonchev–Trinajstić information content (AvgIpc) is 2.61. The van der Waals surface area contributed by atoms with E-state index in [-0.39, 0.29) is 29.1 Å². The highest BCUT2D eigenvalue weighted by Gasteiger charge is 2.30. The van der Waals surface area contributed by atoms with Gasteiger partial charge in [-0.1, -0.05) is 6.07 Å². The van der Waals surface area contributed by atoms with Gasteiger partial charge in [0.25, 0.3) is 5.91 Å².